The second kappa shape index (κ2) is 5.01. The molecule has 3 heteroatoms. The summed E-state index contributed by atoms with van der Waals surface area (Å²) in [6.45, 7) is -0.0225. The molecule has 82 valence electrons. The molecule has 0 saturated heterocycles. The smallest absolute Gasteiger partial charge is 0.146 e. The van der Waals surface area contributed by atoms with Crippen LogP contribution in [0.5, 0.6) is 11.5 Å². The van der Waals surface area contributed by atoms with Gasteiger partial charge in [-0.05, 0) is 29.8 Å². The van der Waals surface area contributed by atoms with E-state index in [0.29, 0.717) is 10.8 Å². The fourth-order valence-electron chi connectivity index (χ4n) is 1.34. The first kappa shape index (κ1) is 11.0. The van der Waals surface area contributed by atoms with Crippen molar-refractivity contribution in [1.82, 2.24) is 0 Å². The molecule has 2 nitrogen and oxygen atoms in total. The molecular weight excluding hydrogens is 224 g/mol. The standard InChI is InChI=1S/C13H11ClO2/c14-12-8-10(9-15)6-7-13(12)16-11-4-2-1-3-5-11/h1-8,15H,9H2. The average Bonchev–Trinajstić information content (AvgIpc) is 2.33. The third-order valence-electron chi connectivity index (χ3n) is 2.15. The molecule has 0 bridgehead atoms. The van der Waals surface area contributed by atoms with Crippen molar-refractivity contribution in [3.05, 3.63) is 59.1 Å². The minimum atomic E-state index is -0.0225. The summed E-state index contributed by atoms with van der Waals surface area (Å²) in [5, 5.41) is 9.44. The van der Waals surface area contributed by atoms with Crippen LogP contribution in [0.25, 0.3) is 0 Å². The van der Waals surface area contributed by atoms with Crippen LogP contribution in [0.3, 0.4) is 0 Å². The third kappa shape index (κ3) is 2.54. The van der Waals surface area contributed by atoms with Crippen molar-refractivity contribution in [2.75, 3.05) is 0 Å². The summed E-state index contributed by atoms with van der Waals surface area (Å²) in [7, 11) is 0. The van der Waals surface area contributed by atoms with E-state index in [4.69, 9.17) is 21.4 Å². The summed E-state index contributed by atoms with van der Waals surface area (Å²) in [5.74, 6) is 1.33. The van der Waals surface area contributed by atoms with E-state index in [-0.39, 0.29) is 6.61 Å². The number of ether oxygens (including phenoxy) is 1. The van der Waals surface area contributed by atoms with Crippen molar-refractivity contribution in [1.29, 1.82) is 0 Å². The minimum Gasteiger partial charge on any atom is -0.456 e. The monoisotopic (exact) mass is 234 g/mol. The zero-order valence-corrected chi connectivity index (χ0v) is 9.32. The topological polar surface area (TPSA) is 29.5 Å². The maximum absolute atomic E-state index is 8.94. The molecule has 0 spiro atoms. The van der Waals surface area contributed by atoms with Crippen LogP contribution < -0.4 is 4.74 Å². The maximum atomic E-state index is 8.94. The molecule has 0 radical (unpaired) electrons. The molecule has 0 heterocycles. The molecule has 0 aliphatic rings. The highest BCUT2D eigenvalue weighted by Gasteiger charge is 2.03. The van der Waals surface area contributed by atoms with E-state index < -0.39 is 0 Å². The zero-order chi connectivity index (χ0) is 11.4. The summed E-state index contributed by atoms with van der Waals surface area (Å²) in [4.78, 5) is 0. The van der Waals surface area contributed by atoms with E-state index in [2.05, 4.69) is 0 Å². The van der Waals surface area contributed by atoms with E-state index in [1.807, 2.05) is 30.3 Å². The van der Waals surface area contributed by atoms with Crippen molar-refractivity contribution in [2.24, 2.45) is 0 Å². The van der Waals surface area contributed by atoms with Gasteiger partial charge in [-0.3, -0.25) is 0 Å². The number of para-hydroxylation sites is 1. The van der Waals surface area contributed by atoms with Gasteiger partial charge in [-0.25, -0.2) is 0 Å². The van der Waals surface area contributed by atoms with E-state index in [1.54, 1.807) is 18.2 Å². The van der Waals surface area contributed by atoms with Gasteiger partial charge in [-0.2, -0.15) is 0 Å². The number of hydrogen-bond acceptors (Lipinski definition) is 2. The molecule has 16 heavy (non-hydrogen) atoms. The molecular formula is C13H11ClO2. The van der Waals surface area contributed by atoms with Gasteiger partial charge in [0, 0.05) is 0 Å². The normalized spacial score (nSPS) is 10.1. The van der Waals surface area contributed by atoms with E-state index in [9.17, 15) is 0 Å². The Balaban J connectivity index is 2.22. The first-order valence-electron chi connectivity index (χ1n) is 4.92. The van der Waals surface area contributed by atoms with Crippen molar-refractivity contribution >= 4 is 11.6 Å². The number of aliphatic hydroxyl groups excluding tert-OH is 1. The summed E-state index contributed by atoms with van der Waals surface area (Å²) >= 11 is 6.02. The number of halogens is 1. The van der Waals surface area contributed by atoms with Gasteiger partial charge in [0.15, 0.2) is 0 Å². The first-order chi connectivity index (χ1) is 7.79. The largest absolute Gasteiger partial charge is 0.456 e. The van der Waals surface area contributed by atoms with Gasteiger partial charge in [0.05, 0.1) is 11.6 Å². The molecule has 0 atom stereocenters. The molecule has 2 aromatic carbocycles. The molecule has 0 aliphatic heterocycles. The molecule has 2 rings (SSSR count). The quantitative estimate of drug-likeness (QED) is 0.879. The van der Waals surface area contributed by atoms with Crippen LogP contribution >= 0.6 is 11.6 Å². The van der Waals surface area contributed by atoms with Crippen LogP contribution in [0.4, 0.5) is 0 Å². The van der Waals surface area contributed by atoms with Crippen molar-refractivity contribution in [3.8, 4) is 11.5 Å². The Hall–Kier alpha value is -1.51. The molecule has 0 unspecified atom stereocenters. The van der Waals surface area contributed by atoms with Gasteiger partial charge in [-0.15, -0.1) is 0 Å². The summed E-state index contributed by atoms with van der Waals surface area (Å²) < 4.78 is 5.60. The second-order valence-corrected chi connectivity index (χ2v) is 3.75. The van der Waals surface area contributed by atoms with Crippen molar-refractivity contribution in [2.45, 2.75) is 6.61 Å². The van der Waals surface area contributed by atoms with E-state index >= 15 is 0 Å². The summed E-state index contributed by atoms with van der Waals surface area (Å²) in [5.41, 5.74) is 0.769. The highest BCUT2D eigenvalue weighted by atomic mass is 35.5. The predicted molar refractivity (Wildman–Crippen MR) is 63.9 cm³/mol. The third-order valence-corrected chi connectivity index (χ3v) is 2.45. The molecule has 0 aliphatic carbocycles. The minimum absolute atomic E-state index is 0.0225. The first-order valence-corrected chi connectivity index (χ1v) is 5.29. The summed E-state index contributed by atoms with van der Waals surface area (Å²) in [6.07, 6.45) is 0. The highest BCUT2D eigenvalue weighted by molar-refractivity contribution is 6.32. The lowest BCUT2D eigenvalue weighted by Gasteiger charge is -2.08. The predicted octanol–water partition coefficient (Wildman–Crippen LogP) is 3.62. The Kier molecular flexibility index (Phi) is 3.44. The van der Waals surface area contributed by atoms with Gasteiger partial charge in [0.1, 0.15) is 11.5 Å². The fraction of sp³-hybridized carbons (Fsp3) is 0.0769. The van der Waals surface area contributed by atoms with Crippen LogP contribution in [0.2, 0.25) is 5.02 Å². The SMILES string of the molecule is OCc1ccc(Oc2ccccc2)c(Cl)c1. The number of hydrogen-bond donors (Lipinski definition) is 1. The Morgan fingerprint density at radius 3 is 2.44 bits per heavy atom. The van der Waals surface area contributed by atoms with Gasteiger partial charge in [0.2, 0.25) is 0 Å². The van der Waals surface area contributed by atoms with Gasteiger partial charge in [0.25, 0.3) is 0 Å². The molecule has 0 amide bonds. The van der Waals surface area contributed by atoms with Crippen LogP contribution in [0.1, 0.15) is 5.56 Å². The van der Waals surface area contributed by atoms with Crippen LogP contribution in [0.15, 0.2) is 48.5 Å². The van der Waals surface area contributed by atoms with Crippen molar-refractivity contribution in [3.63, 3.8) is 0 Å². The van der Waals surface area contributed by atoms with Gasteiger partial charge < -0.3 is 9.84 Å². The van der Waals surface area contributed by atoms with Gasteiger partial charge in [-0.1, -0.05) is 35.9 Å². The van der Waals surface area contributed by atoms with Crippen LogP contribution in [-0.2, 0) is 6.61 Å². The van der Waals surface area contributed by atoms with Gasteiger partial charge >= 0.3 is 0 Å². The number of benzene rings is 2. The Morgan fingerprint density at radius 1 is 1.06 bits per heavy atom. The highest BCUT2D eigenvalue weighted by Crippen LogP contribution is 2.29. The lowest BCUT2D eigenvalue weighted by atomic mass is 10.2. The Bertz CT molecular complexity index is 469. The lowest BCUT2D eigenvalue weighted by Crippen LogP contribution is -1.87. The fourth-order valence-corrected chi connectivity index (χ4v) is 1.58. The zero-order valence-electron chi connectivity index (χ0n) is 8.56. The van der Waals surface area contributed by atoms with Crippen molar-refractivity contribution < 1.29 is 9.84 Å². The summed E-state index contributed by atoms with van der Waals surface area (Å²) in [6, 6.07) is 14.7. The average molecular weight is 235 g/mol. The number of rotatable bonds is 3. The molecule has 0 saturated carbocycles. The molecule has 2 aromatic rings. The Morgan fingerprint density at radius 2 is 1.81 bits per heavy atom. The van der Waals surface area contributed by atoms with Crippen LogP contribution in [-0.4, -0.2) is 5.11 Å². The maximum Gasteiger partial charge on any atom is 0.146 e. The molecule has 0 fully saturated rings. The molecule has 1 N–H and O–H groups in total. The van der Waals surface area contributed by atoms with Crippen LogP contribution in [0, 0.1) is 0 Å². The lowest BCUT2D eigenvalue weighted by molar-refractivity contribution is 0.281. The van der Waals surface area contributed by atoms with E-state index in [1.165, 1.54) is 0 Å². The van der Waals surface area contributed by atoms with E-state index in [0.717, 1.165) is 11.3 Å². The second-order valence-electron chi connectivity index (χ2n) is 3.34. The Labute approximate surface area is 99.1 Å². The molecule has 0 aromatic heterocycles. The number of aliphatic hydroxyl groups is 1.